The van der Waals surface area contributed by atoms with Gasteiger partial charge >= 0.3 is 5.97 Å². The number of nitrogens with one attached hydrogen (secondary N) is 1. The lowest BCUT2D eigenvalue weighted by Gasteiger charge is -2.12. The lowest BCUT2D eigenvalue weighted by Crippen LogP contribution is -2.30. The molecule has 0 bridgehead atoms. The van der Waals surface area contributed by atoms with Crippen molar-refractivity contribution in [2.75, 3.05) is 5.32 Å². The zero-order valence-corrected chi connectivity index (χ0v) is 15.4. The topological polar surface area (TPSA) is 94.3 Å². The maximum atomic E-state index is 12.4. The highest BCUT2D eigenvalue weighted by Gasteiger charge is 2.24. The molecule has 1 atom stereocenters. The van der Waals surface area contributed by atoms with Gasteiger partial charge in [0.25, 0.3) is 5.91 Å². The van der Waals surface area contributed by atoms with Crippen molar-refractivity contribution >= 4 is 29.3 Å². The average Bonchev–Trinajstić information content (AvgIpc) is 3.06. The van der Waals surface area contributed by atoms with Gasteiger partial charge in [-0.05, 0) is 38.1 Å². The Hall–Kier alpha value is -3.19. The van der Waals surface area contributed by atoms with Crippen molar-refractivity contribution in [1.29, 1.82) is 0 Å². The first-order valence-corrected chi connectivity index (χ1v) is 8.48. The number of halogens is 1. The first-order valence-electron chi connectivity index (χ1n) is 8.10. The van der Waals surface area contributed by atoms with Crippen LogP contribution in [0, 0.1) is 6.92 Å². The molecule has 3 aromatic rings. The van der Waals surface area contributed by atoms with Crippen LogP contribution in [-0.2, 0) is 9.53 Å². The first-order chi connectivity index (χ1) is 12.9. The number of hydrogen-bond donors (Lipinski definition) is 1. The van der Waals surface area contributed by atoms with E-state index in [1.165, 1.54) is 13.1 Å². The van der Waals surface area contributed by atoms with Crippen LogP contribution in [-0.4, -0.2) is 27.9 Å². The standard InChI is InChI=1S/C19H16ClN3O4/c1-11-16(23-18(26-11)13-6-4-3-5-7-13)19(25)27-12(2)17(24)22-15-9-8-14(20)10-21-15/h3-10,12H,1-2H3,(H,21,22,24)/t12-/m1/s1. The smallest absolute Gasteiger partial charge is 0.361 e. The van der Waals surface area contributed by atoms with E-state index >= 15 is 0 Å². The Morgan fingerprint density at radius 3 is 2.59 bits per heavy atom. The summed E-state index contributed by atoms with van der Waals surface area (Å²) in [6, 6.07) is 12.3. The molecule has 0 spiro atoms. The fourth-order valence-corrected chi connectivity index (χ4v) is 2.35. The first kappa shape index (κ1) is 18.6. The number of esters is 1. The normalized spacial score (nSPS) is 11.7. The fourth-order valence-electron chi connectivity index (χ4n) is 2.24. The summed E-state index contributed by atoms with van der Waals surface area (Å²) in [7, 11) is 0. The van der Waals surface area contributed by atoms with Gasteiger partial charge < -0.3 is 14.5 Å². The largest absolute Gasteiger partial charge is 0.448 e. The lowest BCUT2D eigenvalue weighted by molar-refractivity contribution is -0.123. The van der Waals surface area contributed by atoms with Gasteiger partial charge in [-0.15, -0.1) is 0 Å². The monoisotopic (exact) mass is 385 g/mol. The Morgan fingerprint density at radius 2 is 1.93 bits per heavy atom. The lowest BCUT2D eigenvalue weighted by atomic mass is 10.2. The van der Waals surface area contributed by atoms with E-state index in [4.69, 9.17) is 20.8 Å². The number of oxazole rings is 1. The van der Waals surface area contributed by atoms with Gasteiger partial charge in [-0.2, -0.15) is 0 Å². The molecule has 0 saturated heterocycles. The molecule has 1 aromatic carbocycles. The second-order valence-corrected chi connectivity index (χ2v) is 6.12. The predicted octanol–water partition coefficient (Wildman–Crippen LogP) is 3.88. The van der Waals surface area contributed by atoms with E-state index in [1.54, 1.807) is 19.1 Å². The van der Waals surface area contributed by atoms with Crippen molar-refractivity contribution in [2.45, 2.75) is 20.0 Å². The number of aromatic nitrogens is 2. The molecule has 0 fully saturated rings. The molecule has 0 aliphatic heterocycles. The Bertz CT molecular complexity index is 955. The van der Waals surface area contributed by atoms with Crippen LogP contribution in [0.25, 0.3) is 11.5 Å². The summed E-state index contributed by atoms with van der Waals surface area (Å²) in [6.45, 7) is 3.06. The predicted molar refractivity (Wildman–Crippen MR) is 99.4 cm³/mol. The minimum atomic E-state index is -1.05. The highest BCUT2D eigenvalue weighted by Crippen LogP contribution is 2.22. The summed E-state index contributed by atoms with van der Waals surface area (Å²) >= 11 is 5.75. The summed E-state index contributed by atoms with van der Waals surface area (Å²) in [5, 5.41) is 2.99. The van der Waals surface area contributed by atoms with Crippen LogP contribution in [0.3, 0.4) is 0 Å². The molecule has 0 aliphatic carbocycles. The third-order valence-corrected chi connectivity index (χ3v) is 3.87. The quantitative estimate of drug-likeness (QED) is 0.670. The van der Waals surface area contributed by atoms with Crippen LogP contribution in [0.1, 0.15) is 23.2 Å². The van der Waals surface area contributed by atoms with Gasteiger partial charge in [0.15, 0.2) is 11.8 Å². The summed E-state index contributed by atoms with van der Waals surface area (Å²) in [5.74, 6) is -0.350. The minimum Gasteiger partial charge on any atom is -0.448 e. The molecule has 1 amide bonds. The number of carbonyl (C=O) groups is 2. The number of amides is 1. The zero-order valence-electron chi connectivity index (χ0n) is 14.6. The second kappa shape index (κ2) is 8.01. The number of hydrogen-bond acceptors (Lipinski definition) is 6. The van der Waals surface area contributed by atoms with Crippen molar-refractivity contribution in [3.63, 3.8) is 0 Å². The Labute approximate surface area is 160 Å². The minimum absolute atomic E-state index is 0.0260. The van der Waals surface area contributed by atoms with E-state index in [9.17, 15) is 9.59 Å². The number of ether oxygens (including phenoxy) is 1. The van der Waals surface area contributed by atoms with E-state index in [2.05, 4.69) is 15.3 Å². The molecule has 3 rings (SSSR count). The van der Waals surface area contributed by atoms with Gasteiger partial charge in [-0.25, -0.2) is 14.8 Å². The Balaban J connectivity index is 1.67. The van der Waals surface area contributed by atoms with Gasteiger partial charge in [-0.1, -0.05) is 29.8 Å². The van der Waals surface area contributed by atoms with E-state index in [1.807, 2.05) is 30.3 Å². The number of nitrogens with zero attached hydrogens (tertiary/aromatic N) is 2. The summed E-state index contributed by atoms with van der Waals surface area (Å²) < 4.78 is 10.7. The van der Waals surface area contributed by atoms with E-state index < -0.39 is 18.0 Å². The van der Waals surface area contributed by atoms with Crippen LogP contribution in [0.2, 0.25) is 5.02 Å². The fraction of sp³-hybridized carbons (Fsp3) is 0.158. The Morgan fingerprint density at radius 1 is 1.19 bits per heavy atom. The zero-order chi connectivity index (χ0) is 19.4. The van der Waals surface area contributed by atoms with Crippen LogP contribution in [0.15, 0.2) is 53.1 Å². The molecule has 0 saturated carbocycles. The van der Waals surface area contributed by atoms with E-state index in [0.29, 0.717) is 22.5 Å². The highest BCUT2D eigenvalue weighted by atomic mass is 35.5. The molecule has 0 aliphatic rings. The molecule has 7 nitrogen and oxygen atoms in total. The van der Waals surface area contributed by atoms with Gasteiger partial charge in [0.2, 0.25) is 5.89 Å². The molecule has 8 heteroatoms. The summed E-state index contributed by atoms with van der Waals surface area (Å²) in [4.78, 5) is 32.7. The molecule has 0 unspecified atom stereocenters. The molecule has 0 radical (unpaired) electrons. The number of benzene rings is 1. The molecule has 2 aromatic heterocycles. The number of aryl methyl sites for hydroxylation is 1. The number of anilines is 1. The van der Waals surface area contributed by atoms with Crippen molar-refractivity contribution in [3.8, 4) is 11.5 Å². The van der Waals surface area contributed by atoms with Gasteiger partial charge in [0, 0.05) is 11.8 Å². The third kappa shape index (κ3) is 4.51. The van der Waals surface area contributed by atoms with Crippen LogP contribution < -0.4 is 5.32 Å². The van der Waals surface area contributed by atoms with Crippen molar-refractivity contribution < 1.29 is 18.7 Å². The van der Waals surface area contributed by atoms with Gasteiger partial charge in [-0.3, -0.25) is 4.79 Å². The summed E-state index contributed by atoms with van der Waals surface area (Å²) in [5.41, 5.74) is 0.761. The molecular formula is C19H16ClN3O4. The molecule has 1 N–H and O–H groups in total. The van der Waals surface area contributed by atoms with Crippen LogP contribution in [0.5, 0.6) is 0 Å². The molecular weight excluding hydrogens is 370 g/mol. The molecule has 2 heterocycles. The van der Waals surface area contributed by atoms with E-state index in [-0.39, 0.29) is 5.69 Å². The molecule has 138 valence electrons. The second-order valence-electron chi connectivity index (χ2n) is 5.69. The molecule has 27 heavy (non-hydrogen) atoms. The van der Waals surface area contributed by atoms with Crippen molar-refractivity contribution in [2.24, 2.45) is 0 Å². The van der Waals surface area contributed by atoms with Crippen LogP contribution >= 0.6 is 11.6 Å². The van der Waals surface area contributed by atoms with Crippen LogP contribution in [0.4, 0.5) is 5.82 Å². The van der Waals surface area contributed by atoms with E-state index in [0.717, 1.165) is 5.56 Å². The average molecular weight is 386 g/mol. The third-order valence-electron chi connectivity index (χ3n) is 3.64. The Kier molecular flexibility index (Phi) is 5.52. The maximum Gasteiger partial charge on any atom is 0.361 e. The van der Waals surface area contributed by atoms with Gasteiger partial charge in [0.1, 0.15) is 11.6 Å². The SMILES string of the molecule is Cc1oc(-c2ccccc2)nc1C(=O)O[C@H](C)C(=O)Nc1ccc(Cl)cn1. The van der Waals surface area contributed by atoms with Crippen molar-refractivity contribution in [3.05, 3.63) is 65.1 Å². The maximum absolute atomic E-state index is 12.4. The summed E-state index contributed by atoms with van der Waals surface area (Å²) in [6.07, 6.45) is 0.351. The number of pyridine rings is 1. The number of carbonyl (C=O) groups excluding carboxylic acids is 2. The van der Waals surface area contributed by atoms with Gasteiger partial charge in [0.05, 0.1) is 5.02 Å². The highest BCUT2D eigenvalue weighted by molar-refractivity contribution is 6.30. The number of rotatable bonds is 5. The van der Waals surface area contributed by atoms with Crippen molar-refractivity contribution in [1.82, 2.24) is 9.97 Å².